The number of sulfone groups is 1. The van der Waals surface area contributed by atoms with Gasteiger partial charge in [0, 0.05) is 23.5 Å². The van der Waals surface area contributed by atoms with E-state index < -0.39 is 9.84 Å². The molecule has 0 spiro atoms. The molecule has 2 bridgehead atoms. The highest BCUT2D eigenvalue weighted by atomic mass is 32.2. The van der Waals surface area contributed by atoms with Crippen molar-refractivity contribution in [2.75, 3.05) is 11.5 Å². The molecule has 7 nitrogen and oxygen atoms in total. The van der Waals surface area contributed by atoms with Crippen LogP contribution in [0.5, 0.6) is 0 Å². The van der Waals surface area contributed by atoms with Gasteiger partial charge in [-0.15, -0.1) is 11.3 Å². The number of fused-ring (bicyclic) bond motifs is 2. The number of carbonyl (C=O) groups is 2. The number of nitrogens with zero attached hydrogens (tertiary/aromatic N) is 2. The van der Waals surface area contributed by atoms with Gasteiger partial charge in [0.15, 0.2) is 5.01 Å². The van der Waals surface area contributed by atoms with Gasteiger partial charge in [0.25, 0.3) is 11.8 Å². The number of nitrogens with one attached hydrogen (secondary N) is 1. The molecule has 136 valence electrons. The molecule has 1 aromatic heterocycles. The van der Waals surface area contributed by atoms with Gasteiger partial charge < -0.3 is 10.2 Å². The molecule has 9 heteroatoms. The van der Waals surface area contributed by atoms with E-state index in [1.807, 2.05) is 4.90 Å². The van der Waals surface area contributed by atoms with Crippen LogP contribution in [0, 0.1) is 0 Å². The number of aromatic nitrogens is 1. The lowest BCUT2D eigenvalue weighted by atomic mass is 10.0. The number of hydrogen-bond donors (Lipinski definition) is 1. The lowest BCUT2D eigenvalue weighted by molar-refractivity contribution is 0.0724. The topological polar surface area (TPSA) is 96.4 Å². The van der Waals surface area contributed by atoms with Gasteiger partial charge in [0.05, 0.1) is 11.5 Å². The molecule has 4 heterocycles. The van der Waals surface area contributed by atoms with Crippen molar-refractivity contribution in [2.45, 2.75) is 56.7 Å². The second-order valence-corrected chi connectivity index (χ2v) is 10.3. The molecule has 3 fully saturated rings. The lowest BCUT2D eigenvalue weighted by Gasteiger charge is -2.22. The first-order chi connectivity index (χ1) is 11.9. The third kappa shape index (κ3) is 3.31. The summed E-state index contributed by atoms with van der Waals surface area (Å²) < 4.78 is 22.9. The highest BCUT2D eigenvalue weighted by Crippen LogP contribution is 2.38. The fraction of sp³-hybridized carbons (Fsp3) is 0.688. The van der Waals surface area contributed by atoms with Crippen LogP contribution in [0.3, 0.4) is 0 Å². The summed E-state index contributed by atoms with van der Waals surface area (Å²) in [7, 11) is -2.95. The molecule has 0 unspecified atom stereocenters. The zero-order valence-corrected chi connectivity index (χ0v) is 15.4. The average Bonchev–Trinajstić information content (AvgIpc) is 3.31. The predicted molar refractivity (Wildman–Crippen MR) is 93.5 cm³/mol. The lowest BCUT2D eigenvalue weighted by Crippen LogP contribution is -2.41. The smallest absolute Gasteiger partial charge is 0.280 e. The Balaban J connectivity index is 1.39. The molecule has 0 radical (unpaired) electrons. The van der Waals surface area contributed by atoms with Crippen molar-refractivity contribution < 1.29 is 18.0 Å². The summed E-state index contributed by atoms with van der Waals surface area (Å²) in [6.45, 7) is 0. The third-order valence-corrected chi connectivity index (χ3v) is 8.05. The number of thiazole rings is 1. The largest absolute Gasteiger partial charge is 0.347 e. The van der Waals surface area contributed by atoms with E-state index in [9.17, 15) is 18.0 Å². The molecule has 0 atom stereocenters. The van der Waals surface area contributed by atoms with E-state index in [4.69, 9.17) is 0 Å². The zero-order valence-electron chi connectivity index (χ0n) is 13.8. The van der Waals surface area contributed by atoms with Gasteiger partial charge in [-0.25, -0.2) is 13.4 Å². The fourth-order valence-electron chi connectivity index (χ4n) is 4.13. The van der Waals surface area contributed by atoms with Gasteiger partial charge >= 0.3 is 0 Å². The standard InChI is InChI=1S/C16H21N3O4S2/c20-14(17-10-5-7-25(22,23)8-6-10)15-18-13(9-24-15)16(21)19-11-1-2-12(19)4-3-11/h9-12H,1-8H2,(H,17,20)/t11-,12+. The Bertz CT molecular complexity index is 770. The molecular formula is C16H21N3O4S2. The Morgan fingerprint density at radius 3 is 2.28 bits per heavy atom. The summed E-state index contributed by atoms with van der Waals surface area (Å²) in [5.74, 6) is -0.170. The Morgan fingerprint density at radius 2 is 1.68 bits per heavy atom. The number of rotatable bonds is 3. The second-order valence-electron chi connectivity index (χ2n) is 7.11. The van der Waals surface area contributed by atoms with Crippen LogP contribution in [0.1, 0.15) is 58.8 Å². The van der Waals surface area contributed by atoms with Gasteiger partial charge in [-0.05, 0) is 38.5 Å². The second kappa shape index (κ2) is 6.35. The first-order valence-corrected chi connectivity index (χ1v) is 11.4. The summed E-state index contributed by atoms with van der Waals surface area (Å²) >= 11 is 1.17. The van der Waals surface area contributed by atoms with Crippen LogP contribution in [-0.2, 0) is 9.84 Å². The minimum Gasteiger partial charge on any atom is -0.347 e. The summed E-state index contributed by atoms with van der Waals surface area (Å²) in [5, 5.41) is 4.76. The maximum atomic E-state index is 12.7. The van der Waals surface area contributed by atoms with Crippen molar-refractivity contribution in [1.82, 2.24) is 15.2 Å². The zero-order chi connectivity index (χ0) is 17.6. The Morgan fingerprint density at radius 1 is 1.08 bits per heavy atom. The van der Waals surface area contributed by atoms with Gasteiger partial charge in [-0.2, -0.15) is 0 Å². The molecule has 25 heavy (non-hydrogen) atoms. The van der Waals surface area contributed by atoms with Crippen molar-refractivity contribution >= 4 is 33.0 Å². The van der Waals surface area contributed by atoms with Crippen LogP contribution in [0.15, 0.2) is 5.38 Å². The number of amides is 2. The van der Waals surface area contributed by atoms with Crippen LogP contribution >= 0.6 is 11.3 Å². The van der Waals surface area contributed by atoms with Gasteiger partial charge in [0.1, 0.15) is 15.5 Å². The third-order valence-electron chi connectivity index (χ3n) is 5.49. The summed E-state index contributed by atoms with van der Waals surface area (Å²) in [6.07, 6.45) is 5.14. The average molecular weight is 383 g/mol. The van der Waals surface area contributed by atoms with Crippen molar-refractivity contribution in [3.05, 3.63) is 16.1 Å². The monoisotopic (exact) mass is 383 g/mol. The summed E-state index contributed by atoms with van der Waals surface area (Å²) in [5.41, 5.74) is 0.347. The van der Waals surface area contributed by atoms with Crippen LogP contribution in [0.25, 0.3) is 0 Å². The summed E-state index contributed by atoms with van der Waals surface area (Å²) in [4.78, 5) is 31.2. The Hall–Kier alpha value is -1.48. The predicted octanol–water partition coefficient (Wildman–Crippen LogP) is 1.22. The van der Waals surface area contributed by atoms with Gasteiger partial charge in [0.2, 0.25) is 0 Å². The highest BCUT2D eigenvalue weighted by Gasteiger charge is 2.43. The molecular weight excluding hydrogens is 362 g/mol. The minimum atomic E-state index is -2.95. The van der Waals surface area contributed by atoms with Crippen molar-refractivity contribution in [3.63, 3.8) is 0 Å². The SMILES string of the molecule is O=C(NC1CCS(=O)(=O)CC1)c1nc(C(=O)N2[C@H]3CC[C@@H]2CC3)cs1. The first kappa shape index (κ1) is 17.0. The maximum absolute atomic E-state index is 12.7. The van der Waals surface area contributed by atoms with E-state index in [0.717, 1.165) is 25.7 Å². The quantitative estimate of drug-likeness (QED) is 0.846. The molecule has 0 saturated carbocycles. The summed E-state index contributed by atoms with van der Waals surface area (Å²) in [6, 6.07) is 0.523. The number of carbonyl (C=O) groups excluding carboxylic acids is 2. The Kier molecular flexibility index (Phi) is 4.31. The van der Waals surface area contributed by atoms with Crippen LogP contribution in [0.2, 0.25) is 0 Å². The highest BCUT2D eigenvalue weighted by molar-refractivity contribution is 7.91. The van der Waals surface area contributed by atoms with E-state index in [-0.39, 0.29) is 34.4 Å². The molecule has 3 aliphatic heterocycles. The van der Waals surface area contributed by atoms with Gasteiger partial charge in [-0.1, -0.05) is 0 Å². The van der Waals surface area contributed by atoms with E-state index in [0.29, 0.717) is 30.6 Å². The molecule has 3 aliphatic rings. The van der Waals surface area contributed by atoms with Crippen LogP contribution in [0.4, 0.5) is 0 Å². The van der Waals surface area contributed by atoms with Crippen LogP contribution < -0.4 is 5.32 Å². The maximum Gasteiger partial charge on any atom is 0.280 e. The molecule has 0 aromatic carbocycles. The molecule has 0 aliphatic carbocycles. The van der Waals surface area contributed by atoms with Crippen molar-refractivity contribution in [3.8, 4) is 0 Å². The molecule has 4 rings (SSSR count). The van der Waals surface area contributed by atoms with E-state index in [2.05, 4.69) is 10.3 Å². The number of hydrogen-bond acceptors (Lipinski definition) is 6. The molecule has 1 aromatic rings. The van der Waals surface area contributed by atoms with E-state index in [1.54, 1.807) is 5.38 Å². The molecule has 2 amide bonds. The van der Waals surface area contributed by atoms with E-state index >= 15 is 0 Å². The minimum absolute atomic E-state index is 0.0657. The fourth-order valence-corrected chi connectivity index (χ4v) is 6.32. The molecule has 3 saturated heterocycles. The first-order valence-electron chi connectivity index (χ1n) is 8.72. The van der Waals surface area contributed by atoms with Crippen LogP contribution in [-0.4, -0.2) is 59.7 Å². The van der Waals surface area contributed by atoms with Gasteiger partial charge in [-0.3, -0.25) is 9.59 Å². The normalized spacial score (nSPS) is 28.2. The molecule has 1 N–H and O–H groups in total. The van der Waals surface area contributed by atoms with Crippen molar-refractivity contribution in [1.29, 1.82) is 0 Å². The Labute approximate surface area is 150 Å². The van der Waals surface area contributed by atoms with E-state index in [1.165, 1.54) is 11.3 Å². The van der Waals surface area contributed by atoms with Crippen molar-refractivity contribution in [2.24, 2.45) is 0 Å².